The summed E-state index contributed by atoms with van der Waals surface area (Å²) >= 11 is 0. The highest BCUT2D eigenvalue weighted by molar-refractivity contribution is 5.89. The molecule has 0 bridgehead atoms. The first-order valence-electron chi connectivity index (χ1n) is 8.05. The third-order valence-corrected chi connectivity index (χ3v) is 3.76. The lowest BCUT2D eigenvalue weighted by Crippen LogP contribution is -2.28. The summed E-state index contributed by atoms with van der Waals surface area (Å²) in [6, 6.07) is 10.8. The molecule has 1 aromatic carbocycles. The van der Waals surface area contributed by atoms with Crippen LogP contribution in [-0.2, 0) is 15.0 Å². The molecular weight excluding hydrogens is 318 g/mol. The van der Waals surface area contributed by atoms with Crippen LogP contribution >= 0.6 is 0 Å². The van der Waals surface area contributed by atoms with Crippen molar-refractivity contribution in [1.82, 2.24) is 4.90 Å². The molecule has 0 spiro atoms. The van der Waals surface area contributed by atoms with Crippen LogP contribution in [0.2, 0.25) is 0 Å². The van der Waals surface area contributed by atoms with Crippen molar-refractivity contribution in [2.75, 3.05) is 20.6 Å². The summed E-state index contributed by atoms with van der Waals surface area (Å²) in [5, 5.41) is 15.6. The Bertz CT molecular complexity index is 617. The van der Waals surface area contributed by atoms with Gasteiger partial charge >= 0.3 is 11.9 Å². The van der Waals surface area contributed by atoms with Crippen molar-refractivity contribution in [1.29, 1.82) is 0 Å². The lowest BCUT2D eigenvalue weighted by Gasteiger charge is -2.31. The highest BCUT2D eigenvalue weighted by Gasteiger charge is 2.27. The number of carbonyl (C=O) groups is 2. The summed E-state index contributed by atoms with van der Waals surface area (Å²) in [6.07, 6.45) is 12.6. The van der Waals surface area contributed by atoms with Gasteiger partial charge < -0.3 is 15.1 Å². The van der Waals surface area contributed by atoms with E-state index in [4.69, 9.17) is 10.2 Å². The maximum atomic E-state index is 9.55. The van der Waals surface area contributed by atoms with Crippen LogP contribution in [0.5, 0.6) is 0 Å². The molecule has 134 valence electrons. The normalized spacial score (nSPS) is 15.0. The van der Waals surface area contributed by atoms with Crippen molar-refractivity contribution >= 4 is 11.9 Å². The number of carboxylic acids is 2. The van der Waals surface area contributed by atoms with Crippen molar-refractivity contribution < 1.29 is 19.8 Å². The number of allylic oxidation sites excluding steroid dienone is 4. The van der Waals surface area contributed by atoms with Crippen LogP contribution in [0.3, 0.4) is 0 Å². The molecule has 5 heteroatoms. The average Bonchev–Trinajstić information content (AvgIpc) is 2.60. The Kier molecular flexibility index (Phi) is 8.36. The lowest BCUT2D eigenvalue weighted by atomic mass is 9.75. The fourth-order valence-corrected chi connectivity index (χ4v) is 2.49. The molecule has 0 amide bonds. The zero-order valence-electron chi connectivity index (χ0n) is 14.6. The molecule has 1 aliphatic carbocycles. The molecule has 2 rings (SSSR count). The monoisotopic (exact) mass is 343 g/mol. The van der Waals surface area contributed by atoms with Gasteiger partial charge in [0, 0.05) is 17.6 Å². The summed E-state index contributed by atoms with van der Waals surface area (Å²) in [6.45, 7) is 1.10. The van der Waals surface area contributed by atoms with Crippen molar-refractivity contribution in [2.24, 2.45) is 0 Å². The van der Waals surface area contributed by atoms with E-state index in [9.17, 15) is 9.59 Å². The van der Waals surface area contributed by atoms with E-state index >= 15 is 0 Å². The highest BCUT2D eigenvalue weighted by Crippen LogP contribution is 2.34. The molecule has 0 heterocycles. The van der Waals surface area contributed by atoms with E-state index in [1.165, 1.54) is 5.56 Å². The largest absolute Gasteiger partial charge is 0.478 e. The molecule has 25 heavy (non-hydrogen) atoms. The molecule has 0 saturated carbocycles. The van der Waals surface area contributed by atoms with Gasteiger partial charge in [-0.25, -0.2) is 9.59 Å². The quantitative estimate of drug-likeness (QED) is 0.613. The van der Waals surface area contributed by atoms with Crippen molar-refractivity contribution in [3.05, 3.63) is 72.4 Å². The second kappa shape index (κ2) is 10.3. The first kappa shape index (κ1) is 20.4. The first-order chi connectivity index (χ1) is 11.9. The summed E-state index contributed by atoms with van der Waals surface area (Å²) in [5.74, 6) is -2.51. The Labute approximate surface area is 148 Å². The molecule has 0 aromatic heterocycles. The second-order valence-corrected chi connectivity index (χ2v) is 6.01. The van der Waals surface area contributed by atoms with Gasteiger partial charge in [-0.1, -0.05) is 54.6 Å². The number of carboxylic acid groups (broad SMARTS) is 2. The summed E-state index contributed by atoms with van der Waals surface area (Å²) in [4.78, 5) is 21.4. The molecular formula is C20H25NO4. The Balaban J connectivity index is 0.000000333. The van der Waals surface area contributed by atoms with Crippen molar-refractivity contribution in [2.45, 2.75) is 18.3 Å². The van der Waals surface area contributed by atoms with Crippen LogP contribution < -0.4 is 0 Å². The Hall–Kier alpha value is -2.66. The van der Waals surface area contributed by atoms with Gasteiger partial charge in [-0.3, -0.25) is 0 Å². The van der Waals surface area contributed by atoms with E-state index in [1.54, 1.807) is 0 Å². The van der Waals surface area contributed by atoms with Gasteiger partial charge in [0.15, 0.2) is 0 Å². The van der Waals surface area contributed by atoms with Gasteiger partial charge in [0.25, 0.3) is 0 Å². The van der Waals surface area contributed by atoms with E-state index in [0.717, 1.165) is 19.4 Å². The smallest absolute Gasteiger partial charge is 0.328 e. The predicted octanol–water partition coefficient (Wildman–Crippen LogP) is 3.10. The number of nitrogens with zero attached hydrogens (tertiary/aromatic N) is 1. The minimum absolute atomic E-state index is 0.101. The Morgan fingerprint density at radius 1 is 1.04 bits per heavy atom. The molecule has 1 aliphatic rings. The van der Waals surface area contributed by atoms with Crippen molar-refractivity contribution in [3.63, 3.8) is 0 Å². The molecule has 5 nitrogen and oxygen atoms in total. The topological polar surface area (TPSA) is 77.8 Å². The maximum absolute atomic E-state index is 9.55. The molecule has 1 aromatic rings. The van der Waals surface area contributed by atoms with Gasteiger partial charge in [0.05, 0.1) is 0 Å². The predicted molar refractivity (Wildman–Crippen MR) is 98.6 cm³/mol. The van der Waals surface area contributed by atoms with Crippen LogP contribution in [0, 0.1) is 0 Å². The van der Waals surface area contributed by atoms with Gasteiger partial charge in [0.2, 0.25) is 0 Å². The molecule has 0 fully saturated rings. The molecule has 0 unspecified atom stereocenters. The van der Waals surface area contributed by atoms with Crippen LogP contribution in [0.1, 0.15) is 18.4 Å². The SMILES string of the molecule is CN(C)CCC1(c2ccccc2)C=CCC=C1.O=C(O)C=CC(=O)O. The zero-order chi connectivity index (χ0) is 18.7. The third kappa shape index (κ3) is 7.63. The number of hydrogen-bond donors (Lipinski definition) is 2. The van der Waals surface area contributed by atoms with Gasteiger partial charge in [-0.05, 0) is 39.0 Å². The molecule has 0 atom stereocenters. The fourth-order valence-electron chi connectivity index (χ4n) is 2.49. The third-order valence-electron chi connectivity index (χ3n) is 3.76. The number of hydrogen-bond acceptors (Lipinski definition) is 3. The molecule has 0 radical (unpaired) electrons. The number of aliphatic carboxylic acids is 2. The minimum Gasteiger partial charge on any atom is -0.478 e. The van der Waals surface area contributed by atoms with E-state index < -0.39 is 11.9 Å². The fraction of sp³-hybridized carbons (Fsp3) is 0.300. The second-order valence-electron chi connectivity index (χ2n) is 6.01. The van der Waals surface area contributed by atoms with Gasteiger partial charge in [-0.15, -0.1) is 0 Å². The van der Waals surface area contributed by atoms with E-state index in [0.29, 0.717) is 12.2 Å². The number of rotatable bonds is 6. The zero-order valence-corrected chi connectivity index (χ0v) is 14.6. The van der Waals surface area contributed by atoms with E-state index in [1.807, 2.05) is 0 Å². The van der Waals surface area contributed by atoms with Crippen LogP contribution in [-0.4, -0.2) is 47.7 Å². The van der Waals surface area contributed by atoms with Gasteiger partial charge in [0.1, 0.15) is 0 Å². The Morgan fingerprint density at radius 2 is 1.56 bits per heavy atom. The van der Waals surface area contributed by atoms with Gasteiger partial charge in [-0.2, -0.15) is 0 Å². The minimum atomic E-state index is -1.26. The molecule has 0 saturated heterocycles. The van der Waals surface area contributed by atoms with E-state index in [-0.39, 0.29) is 5.41 Å². The standard InChI is InChI=1S/C16H21N.C4H4O4/c1-17(2)14-13-16(11-7-4-8-12-16)15-9-5-3-6-10-15;5-3(6)1-2-4(7)8/h3,5-12H,4,13-14H2,1-2H3;1-2H,(H,5,6)(H,7,8). The average molecular weight is 343 g/mol. The van der Waals surface area contributed by atoms with E-state index in [2.05, 4.69) is 73.6 Å². The van der Waals surface area contributed by atoms with Crippen molar-refractivity contribution in [3.8, 4) is 0 Å². The summed E-state index contributed by atoms with van der Waals surface area (Å²) in [7, 11) is 4.27. The maximum Gasteiger partial charge on any atom is 0.328 e. The van der Waals surface area contributed by atoms with Crippen LogP contribution in [0.15, 0.2) is 66.8 Å². The van der Waals surface area contributed by atoms with Crippen LogP contribution in [0.25, 0.3) is 0 Å². The lowest BCUT2D eigenvalue weighted by molar-refractivity contribution is -0.134. The Morgan fingerprint density at radius 3 is 2.00 bits per heavy atom. The molecule has 2 N–H and O–H groups in total. The van der Waals surface area contributed by atoms with Crippen LogP contribution in [0.4, 0.5) is 0 Å². The first-order valence-corrected chi connectivity index (χ1v) is 8.05. The molecule has 0 aliphatic heterocycles. The summed E-state index contributed by atoms with van der Waals surface area (Å²) in [5.41, 5.74) is 1.50. The summed E-state index contributed by atoms with van der Waals surface area (Å²) < 4.78 is 0. The highest BCUT2D eigenvalue weighted by atomic mass is 16.4. The number of benzene rings is 1.